The SMILES string of the molecule is CCCc1nc(=O)c2ccccc2n1Cc1ccc(-c2ccccc2-c2nn[nH]n2)cc1. The average molecular weight is 422 g/mol. The van der Waals surface area contributed by atoms with Gasteiger partial charge in [0.05, 0.1) is 10.9 Å². The van der Waals surface area contributed by atoms with Gasteiger partial charge in [0.2, 0.25) is 5.82 Å². The molecule has 5 aromatic rings. The predicted octanol–water partition coefficient (Wildman–Crippen LogP) is 4.24. The standard InChI is InChI=1S/C25H22N6O/c1-2-7-23-26-25(32)21-10-5-6-11-22(21)31(23)16-17-12-14-18(15-13-17)19-8-3-4-9-20(19)24-27-29-30-28-24/h3-6,8-15H,2,7,16H2,1H3,(H,27,28,29,30). The second kappa shape index (κ2) is 8.55. The molecule has 3 aromatic carbocycles. The van der Waals surface area contributed by atoms with Crippen molar-refractivity contribution in [2.75, 3.05) is 0 Å². The summed E-state index contributed by atoms with van der Waals surface area (Å²) in [6.07, 6.45) is 1.69. The molecule has 7 heteroatoms. The summed E-state index contributed by atoms with van der Waals surface area (Å²) in [5.74, 6) is 1.39. The maximum absolute atomic E-state index is 12.5. The van der Waals surface area contributed by atoms with Crippen molar-refractivity contribution in [3.05, 3.63) is 94.5 Å². The summed E-state index contributed by atoms with van der Waals surface area (Å²) in [5, 5.41) is 15.1. The van der Waals surface area contributed by atoms with E-state index in [4.69, 9.17) is 0 Å². The fourth-order valence-corrected chi connectivity index (χ4v) is 4.04. The fraction of sp³-hybridized carbons (Fsp3) is 0.160. The highest BCUT2D eigenvalue weighted by atomic mass is 16.1. The van der Waals surface area contributed by atoms with Gasteiger partial charge in [-0.05, 0) is 40.5 Å². The minimum Gasteiger partial charge on any atom is -0.325 e. The van der Waals surface area contributed by atoms with Crippen LogP contribution in [0.1, 0.15) is 24.7 Å². The van der Waals surface area contributed by atoms with Crippen molar-refractivity contribution < 1.29 is 0 Å². The van der Waals surface area contributed by atoms with Gasteiger partial charge >= 0.3 is 0 Å². The highest BCUT2D eigenvalue weighted by Crippen LogP contribution is 2.30. The van der Waals surface area contributed by atoms with Crippen molar-refractivity contribution in [3.8, 4) is 22.5 Å². The third-order valence-corrected chi connectivity index (χ3v) is 5.56. The molecule has 0 spiro atoms. The Hall–Kier alpha value is -4.13. The van der Waals surface area contributed by atoms with E-state index in [9.17, 15) is 4.79 Å². The lowest BCUT2D eigenvalue weighted by molar-refractivity contribution is 0.696. The molecule has 2 heterocycles. The molecule has 0 saturated heterocycles. The Bertz CT molecular complexity index is 1420. The van der Waals surface area contributed by atoms with Crippen LogP contribution in [0.25, 0.3) is 33.4 Å². The van der Waals surface area contributed by atoms with Crippen molar-refractivity contribution in [2.45, 2.75) is 26.3 Å². The molecular weight excluding hydrogens is 400 g/mol. The number of H-pyrrole nitrogens is 1. The van der Waals surface area contributed by atoms with Crippen LogP contribution in [0, 0.1) is 0 Å². The monoisotopic (exact) mass is 422 g/mol. The van der Waals surface area contributed by atoms with Crippen LogP contribution >= 0.6 is 0 Å². The maximum Gasteiger partial charge on any atom is 0.280 e. The van der Waals surface area contributed by atoms with Gasteiger partial charge in [-0.25, -0.2) is 0 Å². The number of aromatic nitrogens is 6. The van der Waals surface area contributed by atoms with Crippen molar-refractivity contribution in [1.29, 1.82) is 0 Å². The van der Waals surface area contributed by atoms with E-state index in [1.807, 2.05) is 42.5 Å². The third-order valence-electron chi connectivity index (χ3n) is 5.56. The van der Waals surface area contributed by atoms with E-state index in [1.165, 1.54) is 0 Å². The van der Waals surface area contributed by atoms with Crippen LogP contribution in [-0.2, 0) is 13.0 Å². The Labute approximate surface area is 184 Å². The summed E-state index contributed by atoms with van der Waals surface area (Å²) < 4.78 is 2.16. The fourth-order valence-electron chi connectivity index (χ4n) is 4.04. The average Bonchev–Trinajstić information content (AvgIpc) is 3.37. The Morgan fingerprint density at radius 1 is 0.906 bits per heavy atom. The number of hydrogen-bond donors (Lipinski definition) is 1. The minimum absolute atomic E-state index is 0.159. The quantitative estimate of drug-likeness (QED) is 0.442. The van der Waals surface area contributed by atoms with Crippen molar-refractivity contribution in [2.24, 2.45) is 0 Å². The number of nitrogens with zero attached hydrogens (tertiary/aromatic N) is 5. The Balaban J connectivity index is 1.52. The number of rotatable bonds is 6. The molecule has 0 bridgehead atoms. The summed E-state index contributed by atoms with van der Waals surface area (Å²) in [6.45, 7) is 2.75. The molecule has 0 aliphatic carbocycles. The number of fused-ring (bicyclic) bond motifs is 1. The summed E-state index contributed by atoms with van der Waals surface area (Å²) in [4.78, 5) is 16.8. The second-order valence-electron chi connectivity index (χ2n) is 7.66. The topological polar surface area (TPSA) is 89.4 Å². The lowest BCUT2D eigenvalue weighted by Crippen LogP contribution is -2.19. The van der Waals surface area contributed by atoms with Gasteiger partial charge in [-0.3, -0.25) is 4.79 Å². The van der Waals surface area contributed by atoms with Gasteiger partial charge < -0.3 is 4.57 Å². The normalized spacial score (nSPS) is 11.2. The maximum atomic E-state index is 12.5. The molecule has 5 rings (SSSR count). The number of tetrazole rings is 1. The van der Waals surface area contributed by atoms with Crippen molar-refractivity contribution in [3.63, 3.8) is 0 Å². The van der Waals surface area contributed by atoms with E-state index < -0.39 is 0 Å². The van der Waals surface area contributed by atoms with E-state index in [1.54, 1.807) is 0 Å². The molecule has 0 fully saturated rings. The van der Waals surface area contributed by atoms with Gasteiger partial charge in [0.1, 0.15) is 5.82 Å². The second-order valence-corrected chi connectivity index (χ2v) is 7.66. The van der Waals surface area contributed by atoms with E-state index in [2.05, 4.69) is 67.4 Å². The van der Waals surface area contributed by atoms with Crippen LogP contribution in [0.4, 0.5) is 0 Å². The van der Waals surface area contributed by atoms with Crippen molar-refractivity contribution >= 4 is 10.9 Å². The zero-order chi connectivity index (χ0) is 21.9. The molecular formula is C25H22N6O. The van der Waals surface area contributed by atoms with E-state index in [-0.39, 0.29) is 5.56 Å². The first-order valence-corrected chi connectivity index (χ1v) is 10.6. The number of aryl methyl sites for hydroxylation is 1. The number of benzene rings is 3. The van der Waals surface area contributed by atoms with Gasteiger partial charge in [-0.1, -0.05) is 67.6 Å². The highest BCUT2D eigenvalue weighted by Gasteiger charge is 2.12. The molecule has 158 valence electrons. The Kier molecular flexibility index (Phi) is 5.29. The highest BCUT2D eigenvalue weighted by molar-refractivity contribution is 5.80. The van der Waals surface area contributed by atoms with Gasteiger partial charge in [0.15, 0.2) is 0 Å². The summed E-state index contributed by atoms with van der Waals surface area (Å²) in [7, 11) is 0. The zero-order valence-electron chi connectivity index (χ0n) is 17.7. The number of para-hydroxylation sites is 1. The van der Waals surface area contributed by atoms with Crippen LogP contribution in [0.2, 0.25) is 0 Å². The molecule has 0 atom stereocenters. The lowest BCUT2D eigenvalue weighted by atomic mass is 9.98. The predicted molar refractivity (Wildman–Crippen MR) is 124 cm³/mol. The molecule has 7 nitrogen and oxygen atoms in total. The van der Waals surface area contributed by atoms with Crippen molar-refractivity contribution in [1.82, 2.24) is 30.2 Å². The van der Waals surface area contributed by atoms with Crippen LogP contribution in [0.3, 0.4) is 0 Å². The van der Waals surface area contributed by atoms with E-state index in [0.29, 0.717) is 17.8 Å². The Morgan fingerprint density at radius 2 is 1.66 bits per heavy atom. The van der Waals surface area contributed by atoms with Crippen LogP contribution < -0.4 is 5.56 Å². The first-order valence-electron chi connectivity index (χ1n) is 10.6. The number of aromatic amines is 1. The molecule has 0 aliphatic rings. The summed E-state index contributed by atoms with van der Waals surface area (Å²) in [6, 6.07) is 24.1. The summed E-state index contributed by atoms with van der Waals surface area (Å²) in [5.41, 5.74) is 4.94. The summed E-state index contributed by atoms with van der Waals surface area (Å²) >= 11 is 0. The van der Waals surface area contributed by atoms with Gasteiger partial charge in [-0.15, -0.1) is 10.2 Å². The van der Waals surface area contributed by atoms with E-state index >= 15 is 0 Å². The molecule has 1 N–H and O–H groups in total. The van der Waals surface area contributed by atoms with Gasteiger partial charge in [0, 0.05) is 18.5 Å². The molecule has 32 heavy (non-hydrogen) atoms. The molecule has 0 amide bonds. The molecule has 0 saturated carbocycles. The molecule has 2 aromatic heterocycles. The first-order chi connectivity index (χ1) is 15.7. The molecule has 0 radical (unpaired) electrons. The lowest BCUT2D eigenvalue weighted by Gasteiger charge is -2.16. The molecule has 0 aliphatic heterocycles. The minimum atomic E-state index is -0.159. The first kappa shape index (κ1) is 19.8. The number of nitrogens with one attached hydrogen (secondary N) is 1. The largest absolute Gasteiger partial charge is 0.325 e. The van der Waals surface area contributed by atoms with Crippen LogP contribution in [0.15, 0.2) is 77.6 Å². The van der Waals surface area contributed by atoms with E-state index in [0.717, 1.165) is 46.4 Å². The smallest absolute Gasteiger partial charge is 0.280 e. The van der Waals surface area contributed by atoms with Gasteiger partial charge in [-0.2, -0.15) is 10.2 Å². The Morgan fingerprint density at radius 3 is 2.41 bits per heavy atom. The van der Waals surface area contributed by atoms with Crippen LogP contribution in [-0.4, -0.2) is 30.2 Å². The zero-order valence-corrected chi connectivity index (χ0v) is 17.7. The molecule has 0 unspecified atom stereocenters. The number of hydrogen-bond acceptors (Lipinski definition) is 5. The van der Waals surface area contributed by atoms with Gasteiger partial charge in [0.25, 0.3) is 5.56 Å². The third kappa shape index (κ3) is 3.69. The van der Waals surface area contributed by atoms with Crippen LogP contribution in [0.5, 0.6) is 0 Å².